The number of aliphatic hydroxyl groups is 1. The van der Waals surface area contributed by atoms with E-state index in [4.69, 9.17) is 5.11 Å². The van der Waals surface area contributed by atoms with Gasteiger partial charge in [-0.1, -0.05) is 11.3 Å². The van der Waals surface area contributed by atoms with E-state index in [1.807, 2.05) is 19.2 Å². The second kappa shape index (κ2) is 8.12. The maximum absolute atomic E-state index is 11.7. The molecule has 5 nitrogen and oxygen atoms in total. The predicted octanol–water partition coefficient (Wildman–Crippen LogP) is 1.28. The third-order valence-electron chi connectivity index (χ3n) is 2.96. The van der Waals surface area contributed by atoms with Crippen LogP contribution < -0.4 is 10.2 Å². The maximum atomic E-state index is 11.7. The number of carbonyl (C=O) groups is 1. The number of nitrogens with zero attached hydrogens (tertiary/aromatic N) is 1. The van der Waals surface area contributed by atoms with Gasteiger partial charge < -0.3 is 15.0 Å². The third kappa shape index (κ3) is 5.57. The first kappa shape index (κ1) is 15.9. The highest BCUT2D eigenvalue weighted by molar-refractivity contribution is 7.07. The molecule has 1 rings (SSSR count). The number of amides is 1. The number of hydrogen-bond donors (Lipinski definition) is 2. The molecule has 0 saturated heterocycles. The van der Waals surface area contributed by atoms with Crippen LogP contribution in [0.3, 0.4) is 0 Å². The van der Waals surface area contributed by atoms with Crippen LogP contribution >= 0.6 is 11.3 Å². The van der Waals surface area contributed by atoms with Crippen molar-refractivity contribution in [3.8, 4) is 0 Å². The number of rotatable bonds is 8. The Morgan fingerprint density at radius 3 is 2.84 bits per heavy atom. The lowest BCUT2D eigenvalue weighted by molar-refractivity contribution is -0.121. The average Bonchev–Trinajstić information content (AvgIpc) is 2.67. The summed E-state index contributed by atoms with van der Waals surface area (Å²) in [6.45, 7) is 4.57. The Kier molecular flexibility index (Phi) is 6.80. The minimum atomic E-state index is 0.00590. The second-order valence-corrected chi connectivity index (χ2v) is 5.55. The molecule has 0 bridgehead atoms. The van der Waals surface area contributed by atoms with Gasteiger partial charge in [-0.3, -0.25) is 9.59 Å². The molecule has 0 radical (unpaired) electrons. The summed E-state index contributed by atoms with van der Waals surface area (Å²) in [5.74, 6) is 0.00590. The normalized spacial score (nSPS) is 12.4. The quantitative estimate of drug-likeness (QED) is 0.756. The summed E-state index contributed by atoms with van der Waals surface area (Å²) in [6, 6.07) is 0.0882. The van der Waals surface area contributed by atoms with Crippen molar-refractivity contribution in [3.63, 3.8) is 0 Å². The lowest BCUT2D eigenvalue weighted by Crippen LogP contribution is -2.32. The van der Waals surface area contributed by atoms with Gasteiger partial charge >= 0.3 is 4.87 Å². The average molecular weight is 286 g/mol. The first-order chi connectivity index (χ1) is 9.04. The molecule has 108 valence electrons. The lowest BCUT2D eigenvalue weighted by atomic mass is 10.2. The summed E-state index contributed by atoms with van der Waals surface area (Å²) >= 11 is 1.19. The molecule has 0 fully saturated rings. The van der Waals surface area contributed by atoms with Crippen molar-refractivity contribution in [1.82, 2.24) is 9.88 Å². The van der Waals surface area contributed by atoms with E-state index < -0.39 is 0 Å². The highest BCUT2D eigenvalue weighted by Crippen LogP contribution is 2.03. The number of aromatic nitrogens is 1. The highest BCUT2D eigenvalue weighted by atomic mass is 32.1. The van der Waals surface area contributed by atoms with E-state index in [0.717, 1.165) is 12.1 Å². The predicted molar refractivity (Wildman–Crippen MR) is 76.5 cm³/mol. The van der Waals surface area contributed by atoms with Crippen molar-refractivity contribution >= 4 is 17.2 Å². The smallest absolute Gasteiger partial charge is 0.307 e. The number of hydrogen-bond acceptors (Lipinski definition) is 4. The molecular formula is C13H22N2O3S. The van der Waals surface area contributed by atoms with Crippen molar-refractivity contribution in [2.24, 2.45) is 0 Å². The zero-order valence-corrected chi connectivity index (χ0v) is 12.3. The number of aliphatic hydroxyl groups excluding tert-OH is 1. The van der Waals surface area contributed by atoms with E-state index in [0.29, 0.717) is 25.8 Å². The van der Waals surface area contributed by atoms with E-state index in [-0.39, 0.29) is 23.4 Å². The fourth-order valence-corrected chi connectivity index (χ4v) is 2.65. The molecule has 1 unspecified atom stereocenters. The zero-order valence-electron chi connectivity index (χ0n) is 11.5. The third-order valence-corrected chi connectivity index (χ3v) is 3.85. The molecule has 0 saturated carbocycles. The Balaban J connectivity index is 2.26. The van der Waals surface area contributed by atoms with Crippen molar-refractivity contribution < 1.29 is 9.90 Å². The summed E-state index contributed by atoms with van der Waals surface area (Å²) in [6.07, 6.45) is 2.57. The maximum Gasteiger partial charge on any atom is 0.307 e. The molecule has 1 amide bonds. The first-order valence-corrected chi connectivity index (χ1v) is 7.47. The van der Waals surface area contributed by atoms with Crippen molar-refractivity contribution in [1.29, 1.82) is 0 Å². The fourth-order valence-electron chi connectivity index (χ4n) is 1.89. The van der Waals surface area contributed by atoms with Crippen molar-refractivity contribution in [2.75, 3.05) is 6.61 Å². The Bertz CT molecular complexity index is 453. The van der Waals surface area contributed by atoms with Gasteiger partial charge in [-0.15, -0.1) is 0 Å². The van der Waals surface area contributed by atoms with Gasteiger partial charge in [-0.05, 0) is 33.1 Å². The van der Waals surface area contributed by atoms with Crippen LogP contribution in [0, 0.1) is 6.92 Å². The molecule has 0 aliphatic carbocycles. The lowest BCUT2D eigenvalue weighted by Gasteiger charge is -2.13. The van der Waals surface area contributed by atoms with Crippen LogP contribution in [0.4, 0.5) is 0 Å². The molecule has 1 aromatic heterocycles. The van der Waals surface area contributed by atoms with Gasteiger partial charge in [0.05, 0.1) is 0 Å². The standard InChI is InChI=1S/C13H22N2O3S/c1-10(5-4-8-16)14-12(17)6-3-7-15-11(2)9-19-13(15)18/h9-10,16H,3-8H2,1-2H3,(H,14,17). The van der Waals surface area contributed by atoms with E-state index in [1.165, 1.54) is 11.3 Å². The van der Waals surface area contributed by atoms with Crippen LogP contribution in [-0.4, -0.2) is 28.2 Å². The van der Waals surface area contributed by atoms with Gasteiger partial charge in [0.15, 0.2) is 0 Å². The largest absolute Gasteiger partial charge is 0.396 e. The highest BCUT2D eigenvalue weighted by Gasteiger charge is 2.08. The first-order valence-electron chi connectivity index (χ1n) is 6.59. The van der Waals surface area contributed by atoms with E-state index in [1.54, 1.807) is 4.57 Å². The Labute approximate surface area is 117 Å². The summed E-state index contributed by atoms with van der Waals surface area (Å²) < 4.78 is 1.70. The van der Waals surface area contributed by atoms with Crippen LogP contribution in [0.25, 0.3) is 0 Å². The van der Waals surface area contributed by atoms with E-state index >= 15 is 0 Å². The van der Waals surface area contributed by atoms with Crippen LogP contribution in [0.15, 0.2) is 10.2 Å². The SMILES string of the molecule is Cc1csc(=O)n1CCCC(=O)NC(C)CCCO. The summed E-state index contributed by atoms with van der Waals surface area (Å²) in [5, 5.41) is 13.4. The van der Waals surface area contributed by atoms with Crippen molar-refractivity contribution in [2.45, 2.75) is 52.1 Å². The molecule has 2 N–H and O–H groups in total. The molecule has 6 heteroatoms. The second-order valence-electron chi connectivity index (χ2n) is 4.73. The van der Waals surface area contributed by atoms with E-state index in [9.17, 15) is 9.59 Å². The molecular weight excluding hydrogens is 264 g/mol. The number of aryl methyl sites for hydroxylation is 1. The number of carbonyl (C=O) groups excluding carboxylic acids is 1. The molecule has 0 aliphatic heterocycles. The van der Waals surface area contributed by atoms with Crippen LogP contribution in [0.2, 0.25) is 0 Å². The minimum absolute atomic E-state index is 0.00590. The summed E-state index contributed by atoms with van der Waals surface area (Å²) in [7, 11) is 0. The summed E-state index contributed by atoms with van der Waals surface area (Å²) in [5.41, 5.74) is 0.951. The topological polar surface area (TPSA) is 71.3 Å². The molecule has 0 spiro atoms. The monoisotopic (exact) mass is 286 g/mol. The molecule has 1 aromatic rings. The number of thiazole rings is 1. The van der Waals surface area contributed by atoms with Crippen molar-refractivity contribution in [3.05, 3.63) is 20.7 Å². The van der Waals surface area contributed by atoms with Gasteiger partial charge in [-0.25, -0.2) is 0 Å². The summed E-state index contributed by atoms with van der Waals surface area (Å²) in [4.78, 5) is 23.2. The fraction of sp³-hybridized carbons (Fsp3) is 0.692. The molecule has 19 heavy (non-hydrogen) atoms. The van der Waals surface area contributed by atoms with Gasteiger partial charge in [0.2, 0.25) is 5.91 Å². The van der Waals surface area contributed by atoms with Gasteiger partial charge in [-0.2, -0.15) is 0 Å². The molecule has 1 atom stereocenters. The molecule has 0 aromatic carbocycles. The Hall–Kier alpha value is -1.14. The number of nitrogens with one attached hydrogen (secondary N) is 1. The van der Waals surface area contributed by atoms with Gasteiger partial charge in [0, 0.05) is 36.7 Å². The van der Waals surface area contributed by atoms with Gasteiger partial charge in [0.25, 0.3) is 0 Å². The van der Waals surface area contributed by atoms with Crippen LogP contribution in [0.1, 0.15) is 38.3 Å². The van der Waals surface area contributed by atoms with Gasteiger partial charge in [0.1, 0.15) is 0 Å². The minimum Gasteiger partial charge on any atom is -0.396 e. The van der Waals surface area contributed by atoms with Crippen LogP contribution in [0.5, 0.6) is 0 Å². The zero-order chi connectivity index (χ0) is 14.3. The molecule has 1 heterocycles. The Morgan fingerprint density at radius 1 is 1.53 bits per heavy atom. The van der Waals surface area contributed by atoms with Crippen LogP contribution in [-0.2, 0) is 11.3 Å². The van der Waals surface area contributed by atoms with E-state index in [2.05, 4.69) is 5.32 Å². The Morgan fingerprint density at radius 2 is 2.26 bits per heavy atom. The molecule has 0 aliphatic rings.